The molecule has 0 aromatic carbocycles. The van der Waals surface area contributed by atoms with Crippen LogP contribution in [0.5, 0.6) is 0 Å². The van der Waals surface area contributed by atoms with Gasteiger partial charge in [0.2, 0.25) is 0 Å². The number of carboxylic acid groups (broad SMARTS) is 1. The summed E-state index contributed by atoms with van der Waals surface area (Å²) in [5.74, 6) is -1.55. The van der Waals surface area contributed by atoms with E-state index in [-0.39, 0.29) is 13.1 Å². The van der Waals surface area contributed by atoms with E-state index in [9.17, 15) is 13.2 Å². The van der Waals surface area contributed by atoms with E-state index in [0.717, 1.165) is 5.56 Å². The first kappa shape index (κ1) is 15.9. The zero-order valence-electron chi connectivity index (χ0n) is 11.6. The molecule has 116 valence electrons. The van der Waals surface area contributed by atoms with E-state index in [1.807, 2.05) is 12.1 Å². The molecule has 1 aromatic heterocycles. The number of rotatable bonds is 6. The zero-order valence-corrected chi connectivity index (χ0v) is 12.4. The molecule has 0 saturated carbocycles. The van der Waals surface area contributed by atoms with E-state index in [2.05, 4.69) is 9.71 Å². The van der Waals surface area contributed by atoms with Crippen LogP contribution < -0.4 is 4.72 Å². The first-order valence-corrected chi connectivity index (χ1v) is 8.29. The molecule has 7 nitrogen and oxygen atoms in total. The first-order chi connectivity index (χ1) is 9.99. The molecule has 0 radical (unpaired) electrons. The summed E-state index contributed by atoms with van der Waals surface area (Å²) in [6, 6.07) is 3.66. The lowest BCUT2D eigenvalue weighted by Crippen LogP contribution is -2.47. The highest BCUT2D eigenvalue weighted by Gasteiger charge is 2.31. The smallest absolute Gasteiger partial charge is 0.307 e. The SMILES string of the molecule is O=C(O)C1CCCN(S(=O)(=O)NCCc2ccncc2)C1. The minimum Gasteiger partial charge on any atom is -0.481 e. The molecule has 21 heavy (non-hydrogen) atoms. The Morgan fingerprint density at radius 2 is 2.14 bits per heavy atom. The number of piperidine rings is 1. The normalized spacial score (nSPS) is 20.3. The number of hydrogen-bond donors (Lipinski definition) is 2. The molecule has 0 amide bonds. The van der Waals surface area contributed by atoms with Gasteiger partial charge in [-0.15, -0.1) is 0 Å². The van der Waals surface area contributed by atoms with Crippen molar-refractivity contribution in [2.24, 2.45) is 5.92 Å². The number of nitrogens with zero attached hydrogens (tertiary/aromatic N) is 2. The van der Waals surface area contributed by atoms with E-state index in [0.29, 0.717) is 25.8 Å². The van der Waals surface area contributed by atoms with Gasteiger partial charge in [-0.05, 0) is 37.0 Å². The number of pyridine rings is 1. The molecule has 1 saturated heterocycles. The highest BCUT2D eigenvalue weighted by Crippen LogP contribution is 2.18. The lowest BCUT2D eigenvalue weighted by molar-refractivity contribution is -0.142. The fourth-order valence-electron chi connectivity index (χ4n) is 2.33. The second-order valence-corrected chi connectivity index (χ2v) is 6.80. The van der Waals surface area contributed by atoms with Gasteiger partial charge in [0, 0.05) is 32.0 Å². The minimum absolute atomic E-state index is 0.0416. The van der Waals surface area contributed by atoms with Crippen molar-refractivity contribution in [2.75, 3.05) is 19.6 Å². The largest absolute Gasteiger partial charge is 0.481 e. The first-order valence-electron chi connectivity index (χ1n) is 6.85. The van der Waals surface area contributed by atoms with Crippen LogP contribution in [-0.4, -0.2) is 48.4 Å². The maximum atomic E-state index is 12.2. The van der Waals surface area contributed by atoms with Crippen LogP contribution in [0.3, 0.4) is 0 Å². The molecular weight excluding hydrogens is 294 g/mol. The lowest BCUT2D eigenvalue weighted by Gasteiger charge is -2.29. The maximum Gasteiger partial charge on any atom is 0.307 e. The zero-order chi connectivity index (χ0) is 15.3. The Bertz CT molecular complexity index is 576. The van der Waals surface area contributed by atoms with Crippen molar-refractivity contribution in [1.82, 2.24) is 14.0 Å². The minimum atomic E-state index is -3.62. The summed E-state index contributed by atoms with van der Waals surface area (Å²) in [5.41, 5.74) is 0.995. The van der Waals surface area contributed by atoms with E-state index in [1.165, 1.54) is 4.31 Å². The maximum absolute atomic E-state index is 12.2. The molecule has 0 aliphatic carbocycles. The summed E-state index contributed by atoms with van der Waals surface area (Å²) in [4.78, 5) is 14.9. The van der Waals surface area contributed by atoms with Gasteiger partial charge in [-0.1, -0.05) is 0 Å². The van der Waals surface area contributed by atoms with Gasteiger partial charge in [0.1, 0.15) is 0 Å². The third kappa shape index (κ3) is 4.48. The van der Waals surface area contributed by atoms with Crippen molar-refractivity contribution < 1.29 is 18.3 Å². The van der Waals surface area contributed by atoms with Crippen LogP contribution in [0.25, 0.3) is 0 Å². The molecule has 0 spiro atoms. The Morgan fingerprint density at radius 1 is 1.43 bits per heavy atom. The third-order valence-corrected chi connectivity index (χ3v) is 5.10. The van der Waals surface area contributed by atoms with Gasteiger partial charge in [0.05, 0.1) is 5.92 Å². The second-order valence-electron chi connectivity index (χ2n) is 5.04. The average molecular weight is 313 g/mol. The van der Waals surface area contributed by atoms with Gasteiger partial charge >= 0.3 is 5.97 Å². The number of aromatic nitrogens is 1. The number of carboxylic acids is 1. The van der Waals surface area contributed by atoms with Gasteiger partial charge in [-0.25, -0.2) is 4.72 Å². The Hall–Kier alpha value is -1.51. The van der Waals surface area contributed by atoms with Crippen LogP contribution in [0.1, 0.15) is 18.4 Å². The van der Waals surface area contributed by atoms with Crippen molar-refractivity contribution in [2.45, 2.75) is 19.3 Å². The molecule has 1 atom stereocenters. The Labute approximate surface area is 124 Å². The van der Waals surface area contributed by atoms with Crippen molar-refractivity contribution in [3.05, 3.63) is 30.1 Å². The van der Waals surface area contributed by atoms with Crippen LogP contribution in [-0.2, 0) is 21.4 Å². The second kappa shape index (κ2) is 6.97. The molecule has 1 aromatic rings. The van der Waals surface area contributed by atoms with Gasteiger partial charge in [0.25, 0.3) is 10.2 Å². The van der Waals surface area contributed by atoms with Gasteiger partial charge in [0.15, 0.2) is 0 Å². The predicted octanol–water partition coefficient (Wildman–Crippen LogP) is 0.255. The van der Waals surface area contributed by atoms with E-state index in [1.54, 1.807) is 12.4 Å². The molecular formula is C13H19N3O4S. The van der Waals surface area contributed by atoms with E-state index < -0.39 is 22.1 Å². The van der Waals surface area contributed by atoms with Gasteiger partial charge < -0.3 is 5.11 Å². The monoisotopic (exact) mass is 313 g/mol. The van der Waals surface area contributed by atoms with Gasteiger partial charge in [-0.2, -0.15) is 12.7 Å². The predicted molar refractivity (Wildman–Crippen MR) is 76.8 cm³/mol. The van der Waals surface area contributed by atoms with Crippen LogP contribution in [0.4, 0.5) is 0 Å². The van der Waals surface area contributed by atoms with Crippen molar-refractivity contribution in [3.63, 3.8) is 0 Å². The number of carbonyl (C=O) groups is 1. The summed E-state index contributed by atoms with van der Waals surface area (Å²) in [5, 5.41) is 9.00. The summed E-state index contributed by atoms with van der Waals surface area (Å²) in [6.45, 7) is 0.689. The summed E-state index contributed by atoms with van der Waals surface area (Å²) in [7, 11) is -3.62. The molecule has 8 heteroatoms. The van der Waals surface area contributed by atoms with Crippen LogP contribution in [0, 0.1) is 5.92 Å². The molecule has 2 N–H and O–H groups in total. The van der Waals surface area contributed by atoms with Crippen LogP contribution in [0.2, 0.25) is 0 Å². The number of aliphatic carboxylic acids is 1. The molecule has 0 bridgehead atoms. The Morgan fingerprint density at radius 3 is 2.81 bits per heavy atom. The van der Waals surface area contributed by atoms with E-state index >= 15 is 0 Å². The van der Waals surface area contributed by atoms with Crippen molar-refractivity contribution in [1.29, 1.82) is 0 Å². The van der Waals surface area contributed by atoms with E-state index in [4.69, 9.17) is 5.11 Å². The fraction of sp³-hybridized carbons (Fsp3) is 0.538. The lowest BCUT2D eigenvalue weighted by atomic mass is 10.0. The van der Waals surface area contributed by atoms with Crippen LogP contribution >= 0.6 is 0 Å². The molecule has 1 aliphatic rings. The van der Waals surface area contributed by atoms with Crippen molar-refractivity contribution in [3.8, 4) is 0 Å². The average Bonchev–Trinajstić information content (AvgIpc) is 2.48. The molecule has 2 rings (SSSR count). The van der Waals surface area contributed by atoms with Crippen LogP contribution in [0.15, 0.2) is 24.5 Å². The number of nitrogens with one attached hydrogen (secondary N) is 1. The number of hydrogen-bond acceptors (Lipinski definition) is 4. The molecule has 1 unspecified atom stereocenters. The van der Waals surface area contributed by atoms with Crippen molar-refractivity contribution >= 4 is 16.2 Å². The topological polar surface area (TPSA) is 99.6 Å². The summed E-state index contributed by atoms with van der Waals surface area (Å²) >= 11 is 0. The third-order valence-electron chi connectivity index (χ3n) is 3.52. The standard InChI is InChI=1S/C13H19N3O4S/c17-13(18)12-2-1-9-16(10-12)21(19,20)15-8-5-11-3-6-14-7-4-11/h3-4,6-7,12,15H,1-2,5,8-10H2,(H,17,18). The summed E-state index contributed by atoms with van der Waals surface area (Å²) in [6.07, 6.45) is 4.98. The Kier molecular flexibility index (Phi) is 5.27. The molecule has 1 fully saturated rings. The molecule has 1 aliphatic heterocycles. The quantitative estimate of drug-likeness (QED) is 0.784. The Balaban J connectivity index is 1.88. The summed E-state index contributed by atoms with van der Waals surface area (Å²) < 4.78 is 28.1. The van der Waals surface area contributed by atoms with Gasteiger partial charge in [-0.3, -0.25) is 9.78 Å². The molecule has 2 heterocycles. The fourth-order valence-corrected chi connectivity index (χ4v) is 3.62. The highest BCUT2D eigenvalue weighted by atomic mass is 32.2. The highest BCUT2D eigenvalue weighted by molar-refractivity contribution is 7.87.